The maximum Gasteiger partial charge on any atom is 0.131 e. The number of benzene rings is 1. The van der Waals surface area contributed by atoms with Gasteiger partial charge in [0, 0.05) is 25.2 Å². The van der Waals surface area contributed by atoms with E-state index in [2.05, 4.69) is 4.90 Å². The van der Waals surface area contributed by atoms with Crippen molar-refractivity contribution in [2.45, 2.75) is 26.3 Å². The Kier molecular flexibility index (Phi) is 4.13. The molecular weight excluding hydrogens is 217 g/mol. The number of nitrogens with zero attached hydrogens (tertiary/aromatic N) is 1. The van der Waals surface area contributed by atoms with Gasteiger partial charge in [-0.25, -0.2) is 4.39 Å². The third kappa shape index (κ3) is 3.05. The van der Waals surface area contributed by atoms with Gasteiger partial charge >= 0.3 is 0 Å². The van der Waals surface area contributed by atoms with E-state index in [1.54, 1.807) is 0 Å². The van der Waals surface area contributed by atoms with Gasteiger partial charge in [-0.15, -0.1) is 0 Å². The molecule has 0 unspecified atom stereocenters. The first kappa shape index (κ1) is 12.5. The van der Waals surface area contributed by atoms with E-state index in [4.69, 9.17) is 4.74 Å². The third-order valence-corrected chi connectivity index (χ3v) is 3.23. The number of rotatable bonds is 3. The number of ether oxygens (including phenoxy) is 1. The van der Waals surface area contributed by atoms with Crippen molar-refractivity contribution in [2.24, 2.45) is 0 Å². The first-order valence-corrected chi connectivity index (χ1v) is 6.26. The van der Waals surface area contributed by atoms with Crippen molar-refractivity contribution in [1.82, 2.24) is 4.90 Å². The van der Waals surface area contributed by atoms with Crippen LogP contribution < -0.4 is 0 Å². The highest BCUT2D eigenvalue weighted by Crippen LogP contribution is 2.22. The van der Waals surface area contributed by atoms with Crippen LogP contribution in [0.5, 0.6) is 0 Å². The van der Waals surface area contributed by atoms with E-state index in [9.17, 15) is 4.39 Å². The summed E-state index contributed by atoms with van der Waals surface area (Å²) in [4.78, 5) is 2.24. The van der Waals surface area contributed by atoms with E-state index in [1.165, 1.54) is 0 Å². The van der Waals surface area contributed by atoms with Gasteiger partial charge in [0.15, 0.2) is 0 Å². The van der Waals surface area contributed by atoms with Gasteiger partial charge in [-0.3, -0.25) is 4.90 Å². The highest BCUT2D eigenvalue weighted by Gasteiger charge is 2.15. The van der Waals surface area contributed by atoms with Crippen molar-refractivity contribution in [2.75, 3.05) is 26.3 Å². The van der Waals surface area contributed by atoms with Crippen molar-refractivity contribution in [3.05, 3.63) is 35.1 Å². The van der Waals surface area contributed by atoms with E-state index in [-0.39, 0.29) is 11.7 Å². The molecule has 3 heteroatoms. The van der Waals surface area contributed by atoms with E-state index >= 15 is 0 Å². The van der Waals surface area contributed by atoms with E-state index in [1.807, 2.05) is 32.0 Å². The van der Waals surface area contributed by atoms with Crippen LogP contribution in [0, 0.1) is 5.82 Å². The molecule has 0 spiro atoms. The van der Waals surface area contributed by atoms with Gasteiger partial charge in [0.25, 0.3) is 0 Å². The van der Waals surface area contributed by atoms with Crippen molar-refractivity contribution in [3.8, 4) is 0 Å². The molecule has 2 nitrogen and oxygen atoms in total. The molecule has 0 aromatic heterocycles. The van der Waals surface area contributed by atoms with Crippen LogP contribution in [0.2, 0.25) is 0 Å². The molecule has 1 aromatic carbocycles. The summed E-state index contributed by atoms with van der Waals surface area (Å²) in [5.41, 5.74) is 1.62. The average Bonchev–Trinajstić information content (AvgIpc) is 2.33. The molecule has 1 saturated heterocycles. The molecule has 0 amide bonds. The SMILES string of the molecule is CC(C)c1cccc(CN2CCOCC2)c1F. The zero-order valence-electron chi connectivity index (χ0n) is 10.6. The summed E-state index contributed by atoms with van der Waals surface area (Å²) in [7, 11) is 0. The number of halogens is 1. The van der Waals surface area contributed by atoms with Crippen LogP contribution in [0.4, 0.5) is 4.39 Å². The minimum atomic E-state index is -0.0333. The van der Waals surface area contributed by atoms with Crippen LogP contribution in [-0.2, 0) is 11.3 Å². The van der Waals surface area contributed by atoms with E-state index < -0.39 is 0 Å². The first-order chi connectivity index (χ1) is 8.18. The van der Waals surface area contributed by atoms with Crippen LogP contribution in [0.1, 0.15) is 30.9 Å². The molecule has 1 fully saturated rings. The summed E-state index contributed by atoms with van der Waals surface area (Å²) in [5.74, 6) is 0.202. The summed E-state index contributed by atoms with van der Waals surface area (Å²) in [6, 6.07) is 5.72. The fourth-order valence-corrected chi connectivity index (χ4v) is 2.17. The van der Waals surface area contributed by atoms with Gasteiger partial charge < -0.3 is 4.74 Å². The topological polar surface area (TPSA) is 12.5 Å². The Hall–Kier alpha value is -0.930. The summed E-state index contributed by atoms with van der Waals surface area (Å²) in [5, 5.41) is 0. The molecule has 0 aliphatic carbocycles. The summed E-state index contributed by atoms with van der Waals surface area (Å²) < 4.78 is 19.5. The maximum absolute atomic E-state index is 14.2. The van der Waals surface area contributed by atoms with E-state index in [0.717, 1.165) is 37.4 Å². The quantitative estimate of drug-likeness (QED) is 0.801. The van der Waals surface area contributed by atoms with Crippen LogP contribution >= 0.6 is 0 Å². The lowest BCUT2D eigenvalue weighted by molar-refractivity contribution is 0.0337. The van der Waals surface area contributed by atoms with Gasteiger partial charge in [-0.05, 0) is 11.5 Å². The molecule has 1 heterocycles. The molecule has 0 bridgehead atoms. The second-order valence-corrected chi connectivity index (χ2v) is 4.86. The lowest BCUT2D eigenvalue weighted by Gasteiger charge is -2.27. The highest BCUT2D eigenvalue weighted by atomic mass is 19.1. The van der Waals surface area contributed by atoms with Crippen LogP contribution in [0.15, 0.2) is 18.2 Å². The van der Waals surface area contributed by atoms with Crippen molar-refractivity contribution < 1.29 is 9.13 Å². The first-order valence-electron chi connectivity index (χ1n) is 6.26. The predicted molar refractivity (Wildman–Crippen MR) is 66.6 cm³/mol. The van der Waals surface area contributed by atoms with Gasteiger partial charge in [0.05, 0.1) is 13.2 Å². The van der Waals surface area contributed by atoms with Crippen molar-refractivity contribution in [3.63, 3.8) is 0 Å². The lowest BCUT2D eigenvalue weighted by atomic mass is 9.99. The number of morpholine rings is 1. The molecule has 1 aliphatic rings. The molecule has 1 aromatic rings. The molecule has 0 radical (unpaired) electrons. The highest BCUT2D eigenvalue weighted by molar-refractivity contribution is 5.28. The Morgan fingerprint density at radius 1 is 1.29 bits per heavy atom. The monoisotopic (exact) mass is 237 g/mol. The Labute approximate surface area is 102 Å². The molecule has 1 aliphatic heterocycles. The van der Waals surface area contributed by atoms with Gasteiger partial charge in [-0.1, -0.05) is 32.0 Å². The second-order valence-electron chi connectivity index (χ2n) is 4.86. The summed E-state index contributed by atoms with van der Waals surface area (Å²) >= 11 is 0. The van der Waals surface area contributed by atoms with E-state index in [0.29, 0.717) is 6.54 Å². The Bertz CT molecular complexity index is 372. The molecule has 94 valence electrons. The minimum Gasteiger partial charge on any atom is -0.379 e. The van der Waals surface area contributed by atoms with Gasteiger partial charge in [0.1, 0.15) is 5.82 Å². The molecule has 0 saturated carbocycles. The Balaban J connectivity index is 2.12. The molecule has 2 rings (SSSR count). The minimum absolute atomic E-state index is 0.0333. The Morgan fingerprint density at radius 3 is 2.65 bits per heavy atom. The summed E-state index contributed by atoms with van der Waals surface area (Å²) in [6.07, 6.45) is 0. The lowest BCUT2D eigenvalue weighted by Crippen LogP contribution is -2.35. The van der Waals surface area contributed by atoms with Crippen molar-refractivity contribution in [1.29, 1.82) is 0 Å². The maximum atomic E-state index is 14.2. The van der Waals surface area contributed by atoms with Crippen LogP contribution in [0.25, 0.3) is 0 Å². The molecular formula is C14H20FNO. The molecule has 17 heavy (non-hydrogen) atoms. The third-order valence-electron chi connectivity index (χ3n) is 3.23. The molecule has 0 atom stereocenters. The number of hydrogen-bond donors (Lipinski definition) is 0. The normalized spacial score (nSPS) is 17.6. The van der Waals surface area contributed by atoms with Gasteiger partial charge in [-0.2, -0.15) is 0 Å². The van der Waals surface area contributed by atoms with Crippen LogP contribution in [0.3, 0.4) is 0 Å². The second kappa shape index (κ2) is 5.61. The standard InChI is InChI=1S/C14H20FNO/c1-11(2)13-5-3-4-12(14(13)15)10-16-6-8-17-9-7-16/h3-5,11H,6-10H2,1-2H3. The number of hydrogen-bond acceptors (Lipinski definition) is 2. The average molecular weight is 237 g/mol. The predicted octanol–water partition coefficient (Wildman–Crippen LogP) is 2.78. The van der Waals surface area contributed by atoms with Crippen molar-refractivity contribution >= 4 is 0 Å². The van der Waals surface area contributed by atoms with Crippen LogP contribution in [-0.4, -0.2) is 31.2 Å². The fourth-order valence-electron chi connectivity index (χ4n) is 2.17. The molecule has 0 N–H and O–H groups in total. The Morgan fingerprint density at radius 2 is 2.00 bits per heavy atom. The smallest absolute Gasteiger partial charge is 0.131 e. The zero-order chi connectivity index (χ0) is 12.3. The van der Waals surface area contributed by atoms with Gasteiger partial charge in [0.2, 0.25) is 0 Å². The largest absolute Gasteiger partial charge is 0.379 e. The summed E-state index contributed by atoms with van der Waals surface area (Å²) in [6.45, 7) is 8.04. The zero-order valence-corrected chi connectivity index (χ0v) is 10.6. The fraction of sp³-hybridized carbons (Fsp3) is 0.571.